The van der Waals surface area contributed by atoms with Crippen LogP contribution in [0, 0.1) is 13.8 Å². The van der Waals surface area contributed by atoms with E-state index in [9.17, 15) is 0 Å². The van der Waals surface area contributed by atoms with E-state index in [0.29, 0.717) is 19.0 Å². The number of aromatic nitrogens is 1. The topological polar surface area (TPSA) is 62.5 Å². The molecule has 5 nitrogen and oxygen atoms in total. The Hall–Kier alpha value is -2.73. The molecular formula is C22H26N4OS. The Labute approximate surface area is 170 Å². The second-order valence-corrected chi connectivity index (χ2v) is 7.50. The Bertz CT molecular complexity index is 885. The Morgan fingerprint density at radius 1 is 1.00 bits per heavy atom. The van der Waals surface area contributed by atoms with Crippen LogP contribution in [0.4, 0.5) is 0 Å². The number of guanidine groups is 1. The van der Waals surface area contributed by atoms with Crippen molar-refractivity contribution in [2.75, 3.05) is 6.54 Å². The normalized spacial score (nSPS) is 11.5. The average molecular weight is 395 g/mol. The van der Waals surface area contributed by atoms with Crippen molar-refractivity contribution in [1.29, 1.82) is 0 Å². The van der Waals surface area contributed by atoms with Gasteiger partial charge in [-0.1, -0.05) is 42.1 Å². The van der Waals surface area contributed by atoms with Gasteiger partial charge in [-0.25, -0.2) is 9.98 Å². The predicted molar refractivity (Wildman–Crippen MR) is 115 cm³/mol. The highest BCUT2D eigenvalue weighted by molar-refractivity contribution is 7.99. The molecule has 1 aromatic heterocycles. The molecule has 0 aliphatic heterocycles. The first-order valence-electron chi connectivity index (χ1n) is 9.41. The van der Waals surface area contributed by atoms with Gasteiger partial charge in [0, 0.05) is 16.3 Å². The highest BCUT2D eigenvalue weighted by Gasteiger charge is 2.06. The first-order chi connectivity index (χ1) is 13.6. The fourth-order valence-corrected chi connectivity index (χ4v) is 3.41. The smallest absolute Gasteiger partial charge is 0.214 e. The number of rotatable bonds is 7. The zero-order valence-electron chi connectivity index (χ0n) is 16.5. The lowest BCUT2D eigenvalue weighted by molar-refractivity contribution is 0.463. The van der Waals surface area contributed by atoms with Crippen molar-refractivity contribution in [3.05, 3.63) is 77.5 Å². The van der Waals surface area contributed by atoms with Gasteiger partial charge in [0.2, 0.25) is 5.89 Å². The summed E-state index contributed by atoms with van der Waals surface area (Å²) in [6.45, 7) is 7.82. The van der Waals surface area contributed by atoms with Crippen LogP contribution >= 0.6 is 11.8 Å². The van der Waals surface area contributed by atoms with Gasteiger partial charge in [-0.15, -0.1) is 0 Å². The molecule has 0 fully saturated rings. The molecule has 0 saturated heterocycles. The van der Waals surface area contributed by atoms with Gasteiger partial charge in [-0.3, -0.25) is 0 Å². The third-order valence-electron chi connectivity index (χ3n) is 4.15. The van der Waals surface area contributed by atoms with E-state index in [2.05, 4.69) is 69.1 Å². The lowest BCUT2D eigenvalue weighted by Gasteiger charge is -2.10. The molecule has 0 aliphatic carbocycles. The van der Waals surface area contributed by atoms with Crippen LogP contribution in [0.1, 0.15) is 29.8 Å². The molecule has 0 radical (unpaired) electrons. The number of hydrogen-bond donors (Lipinski definition) is 2. The number of nitrogens with zero attached hydrogens (tertiary/aromatic N) is 2. The monoisotopic (exact) mass is 394 g/mol. The Morgan fingerprint density at radius 3 is 2.36 bits per heavy atom. The molecule has 3 aromatic rings. The number of aliphatic imine (C=N–C) groups is 1. The van der Waals surface area contributed by atoms with Crippen LogP contribution in [0.2, 0.25) is 0 Å². The van der Waals surface area contributed by atoms with Crippen LogP contribution in [0.3, 0.4) is 0 Å². The van der Waals surface area contributed by atoms with Gasteiger partial charge in [-0.05, 0) is 50.6 Å². The van der Waals surface area contributed by atoms with Gasteiger partial charge in [-0.2, -0.15) is 0 Å². The van der Waals surface area contributed by atoms with Crippen LogP contribution in [0.5, 0.6) is 0 Å². The second-order valence-electron chi connectivity index (χ2n) is 6.36. The molecule has 0 bridgehead atoms. The van der Waals surface area contributed by atoms with E-state index in [0.717, 1.165) is 29.5 Å². The lowest BCUT2D eigenvalue weighted by Crippen LogP contribution is -2.36. The molecule has 0 unspecified atom stereocenters. The summed E-state index contributed by atoms with van der Waals surface area (Å²) in [7, 11) is 0. The Morgan fingerprint density at radius 2 is 1.71 bits per heavy atom. The van der Waals surface area contributed by atoms with E-state index in [4.69, 9.17) is 4.42 Å². The third-order valence-corrected chi connectivity index (χ3v) is 5.16. The Balaban J connectivity index is 1.57. The highest BCUT2D eigenvalue weighted by Crippen LogP contribution is 2.27. The second kappa shape index (κ2) is 9.99. The summed E-state index contributed by atoms with van der Waals surface area (Å²) in [5, 5.41) is 6.52. The van der Waals surface area contributed by atoms with E-state index >= 15 is 0 Å². The van der Waals surface area contributed by atoms with Crippen molar-refractivity contribution in [2.24, 2.45) is 4.99 Å². The predicted octanol–water partition coefficient (Wildman–Crippen LogP) is 4.70. The average Bonchev–Trinajstić information content (AvgIpc) is 3.03. The van der Waals surface area contributed by atoms with Crippen LogP contribution in [0.15, 0.2) is 73.8 Å². The van der Waals surface area contributed by atoms with Crippen molar-refractivity contribution in [2.45, 2.75) is 43.7 Å². The highest BCUT2D eigenvalue weighted by atomic mass is 32.2. The SMILES string of the molecule is CCNC(=NCc1ccc(Sc2ccccc2)cc1)NCc1nc(C)c(C)o1. The molecule has 0 spiro atoms. The first kappa shape index (κ1) is 20.0. The summed E-state index contributed by atoms with van der Waals surface area (Å²) in [6, 6.07) is 18.9. The number of oxazole rings is 1. The van der Waals surface area contributed by atoms with E-state index < -0.39 is 0 Å². The van der Waals surface area contributed by atoms with Crippen molar-refractivity contribution < 1.29 is 4.42 Å². The number of benzene rings is 2. The van der Waals surface area contributed by atoms with Crippen molar-refractivity contribution in [3.63, 3.8) is 0 Å². The van der Waals surface area contributed by atoms with Crippen LogP contribution in [-0.2, 0) is 13.1 Å². The summed E-state index contributed by atoms with van der Waals surface area (Å²) in [4.78, 5) is 11.5. The fraction of sp³-hybridized carbons (Fsp3) is 0.273. The fourth-order valence-electron chi connectivity index (χ4n) is 2.57. The number of aryl methyl sites for hydroxylation is 2. The maximum atomic E-state index is 5.61. The number of nitrogens with one attached hydrogen (secondary N) is 2. The molecule has 3 rings (SSSR count). The summed E-state index contributed by atoms with van der Waals surface area (Å²) >= 11 is 1.76. The summed E-state index contributed by atoms with van der Waals surface area (Å²) < 4.78 is 5.61. The molecule has 2 aromatic carbocycles. The molecule has 28 heavy (non-hydrogen) atoms. The summed E-state index contributed by atoms with van der Waals surface area (Å²) in [5.41, 5.74) is 2.09. The van der Waals surface area contributed by atoms with Crippen LogP contribution in [-0.4, -0.2) is 17.5 Å². The third kappa shape index (κ3) is 5.89. The molecular weight excluding hydrogens is 368 g/mol. The first-order valence-corrected chi connectivity index (χ1v) is 10.2. The maximum Gasteiger partial charge on any atom is 0.214 e. The lowest BCUT2D eigenvalue weighted by atomic mass is 10.2. The molecule has 0 amide bonds. The molecule has 0 aliphatic rings. The standard InChI is InChI=1S/C22H26N4OS/c1-4-23-22(25-15-21-26-16(2)17(3)27-21)24-14-18-10-12-20(13-11-18)28-19-8-6-5-7-9-19/h5-13H,4,14-15H2,1-3H3,(H2,23,24,25). The minimum absolute atomic E-state index is 0.507. The van der Waals surface area contributed by atoms with Crippen molar-refractivity contribution >= 4 is 17.7 Å². The van der Waals surface area contributed by atoms with Crippen LogP contribution in [0.25, 0.3) is 0 Å². The molecule has 0 atom stereocenters. The van der Waals surface area contributed by atoms with E-state index in [1.165, 1.54) is 9.79 Å². The maximum absolute atomic E-state index is 5.61. The summed E-state index contributed by atoms with van der Waals surface area (Å²) in [6.07, 6.45) is 0. The number of hydrogen-bond acceptors (Lipinski definition) is 4. The van der Waals surface area contributed by atoms with E-state index in [1.807, 2.05) is 26.8 Å². The molecule has 6 heteroatoms. The zero-order valence-corrected chi connectivity index (χ0v) is 17.3. The minimum Gasteiger partial charge on any atom is -0.444 e. The van der Waals surface area contributed by atoms with E-state index in [-0.39, 0.29) is 0 Å². The largest absolute Gasteiger partial charge is 0.444 e. The molecule has 146 valence electrons. The molecule has 1 heterocycles. The quantitative estimate of drug-likeness (QED) is 0.449. The zero-order chi connectivity index (χ0) is 19.8. The van der Waals surface area contributed by atoms with Gasteiger partial charge in [0.25, 0.3) is 0 Å². The summed E-state index contributed by atoms with van der Waals surface area (Å²) in [5.74, 6) is 2.27. The Kier molecular flexibility index (Phi) is 7.14. The van der Waals surface area contributed by atoms with E-state index in [1.54, 1.807) is 11.8 Å². The van der Waals surface area contributed by atoms with Gasteiger partial charge in [0.05, 0.1) is 18.8 Å². The van der Waals surface area contributed by atoms with Crippen LogP contribution < -0.4 is 10.6 Å². The van der Waals surface area contributed by atoms with Gasteiger partial charge < -0.3 is 15.1 Å². The minimum atomic E-state index is 0.507. The van der Waals surface area contributed by atoms with Gasteiger partial charge in [0.1, 0.15) is 5.76 Å². The van der Waals surface area contributed by atoms with Gasteiger partial charge in [0.15, 0.2) is 5.96 Å². The van der Waals surface area contributed by atoms with Gasteiger partial charge >= 0.3 is 0 Å². The molecule has 2 N–H and O–H groups in total. The molecule has 0 saturated carbocycles. The van der Waals surface area contributed by atoms with Crippen molar-refractivity contribution in [1.82, 2.24) is 15.6 Å². The van der Waals surface area contributed by atoms with Crippen molar-refractivity contribution in [3.8, 4) is 0 Å².